The number of hydrogen-bond donors (Lipinski definition) is 1. The monoisotopic (exact) mass is 259 g/mol. The molecule has 1 aromatic carbocycles. The van der Waals surface area contributed by atoms with Gasteiger partial charge in [-0.2, -0.15) is 0 Å². The number of aromatic nitrogens is 1. The van der Waals surface area contributed by atoms with Crippen LogP contribution in [0.2, 0.25) is 0 Å². The maximum absolute atomic E-state index is 12.1. The van der Waals surface area contributed by atoms with Crippen molar-refractivity contribution in [2.24, 2.45) is 0 Å². The van der Waals surface area contributed by atoms with Gasteiger partial charge in [-0.25, -0.2) is 4.79 Å². The minimum Gasteiger partial charge on any atom is -0.362 e. The lowest BCUT2D eigenvalue weighted by molar-refractivity contribution is 0.208. The summed E-state index contributed by atoms with van der Waals surface area (Å²) >= 11 is 0. The van der Waals surface area contributed by atoms with Crippen molar-refractivity contribution >= 4 is 11.7 Å². The van der Waals surface area contributed by atoms with E-state index in [-0.39, 0.29) is 12.1 Å². The number of nitrogens with one attached hydrogen (secondary N) is 1. The van der Waals surface area contributed by atoms with E-state index in [1.165, 1.54) is 6.26 Å². The average molecular weight is 259 g/mol. The molecule has 1 N–H and O–H groups in total. The highest BCUT2D eigenvalue weighted by atomic mass is 16.5. The summed E-state index contributed by atoms with van der Waals surface area (Å²) in [6.45, 7) is 3.76. The maximum atomic E-state index is 12.1. The highest BCUT2D eigenvalue weighted by Crippen LogP contribution is 2.20. The van der Waals surface area contributed by atoms with Crippen LogP contribution in [0.5, 0.6) is 0 Å². The van der Waals surface area contributed by atoms with Crippen molar-refractivity contribution in [1.29, 1.82) is 0 Å². The number of rotatable bonds is 3. The van der Waals surface area contributed by atoms with Crippen molar-refractivity contribution < 1.29 is 9.32 Å². The highest BCUT2D eigenvalue weighted by Gasteiger charge is 2.18. The molecule has 2 aromatic rings. The third-order valence-electron chi connectivity index (χ3n) is 3.17. The molecular weight excluding hydrogens is 242 g/mol. The van der Waals surface area contributed by atoms with Crippen LogP contribution >= 0.6 is 0 Å². The van der Waals surface area contributed by atoms with Crippen molar-refractivity contribution in [3.8, 4) is 0 Å². The van der Waals surface area contributed by atoms with Crippen LogP contribution in [0, 0.1) is 6.92 Å². The summed E-state index contributed by atoms with van der Waals surface area (Å²) in [5.74, 6) is 0. The van der Waals surface area contributed by atoms with E-state index in [4.69, 9.17) is 4.52 Å². The number of benzene rings is 1. The van der Waals surface area contributed by atoms with Gasteiger partial charge in [-0.3, -0.25) is 0 Å². The number of nitrogens with zero attached hydrogens (tertiary/aromatic N) is 2. The third-order valence-corrected chi connectivity index (χ3v) is 3.17. The van der Waals surface area contributed by atoms with E-state index in [0.717, 1.165) is 5.56 Å². The standard InChI is InChI=1S/C14H17N3O2/c1-10-13(9-19-16-10)15-14(18)17(3)11(2)12-7-5-4-6-8-12/h4-9,11H,1-3H3,(H,15,18)/t11-/m1/s1. The predicted octanol–water partition coefficient (Wildman–Crippen LogP) is 3.21. The van der Waals surface area contributed by atoms with Crippen molar-refractivity contribution in [3.63, 3.8) is 0 Å². The van der Waals surface area contributed by atoms with Gasteiger partial charge in [-0.05, 0) is 19.4 Å². The van der Waals surface area contributed by atoms with E-state index < -0.39 is 0 Å². The van der Waals surface area contributed by atoms with Gasteiger partial charge in [0.25, 0.3) is 0 Å². The van der Waals surface area contributed by atoms with Crippen LogP contribution in [0.1, 0.15) is 24.2 Å². The molecule has 0 unspecified atom stereocenters. The first-order valence-corrected chi connectivity index (χ1v) is 6.09. The Bertz CT molecular complexity index is 551. The molecule has 0 spiro atoms. The van der Waals surface area contributed by atoms with E-state index in [1.807, 2.05) is 37.3 Å². The topological polar surface area (TPSA) is 58.4 Å². The zero-order chi connectivity index (χ0) is 13.8. The van der Waals surface area contributed by atoms with Gasteiger partial charge in [-0.1, -0.05) is 35.5 Å². The van der Waals surface area contributed by atoms with Gasteiger partial charge in [0.2, 0.25) is 0 Å². The van der Waals surface area contributed by atoms with Crippen LogP contribution < -0.4 is 5.32 Å². The lowest BCUT2D eigenvalue weighted by atomic mass is 10.1. The zero-order valence-electron chi connectivity index (χ0n) is 11.3. The Labute approximate surface area is 112 Å². The number of carbonyl (C=O) groups excluding carboxylic acids is 1. The van der Waals surface area contributed by atoms with E-state index in [9.17, 15) is 4.79 Å². The van der Waals surface area contributed by atoms with Crippen molar-refractivity contribution in [2.75, 3.05) is 12.4 Å². The molecule has 2 amide bonds. The lowest BCUT2D eigenvalue weighted by Crippen LogP contribution is -2.33. The van der Waals surface area contributed by atoms with Crippen LogP contribution in [0.15, 0.2) is 41.1 Å². The number of amides is 2. The average Bonchev–Trinajstić information content (AvgIpc) is 2.83. The molecule has 0 aliphatic heterocycles. The molecule has 0 aliphatic carbocycles. The first-order chi connectivity index (χ1) is 9.09. The minimum atomic E-state index is -0.192. The molecule has 5 heteroatoms. The summed E-state index contributed by atoms with van der Waals surface area (Å²) in [6.07, 6.45) is 1.42. The first-order valence-electron chi connectivity index (χ1n) is 6.09. The maximum Gasteiger partial charge on any atom is 0.322 e. The summed E-state index contributed by atoms with van der Waals surface area (Å²) in [6, 6.07) is 9.67. The van der Waals surface area contributed by atoms with E-state index >= 15 is 0 Å². The molecule has 1 aromatic heterocycles. The highest BCUT2D eigenvalue weighted by molar-refractivity contribution is 5.89. The molecule has 2 rings (SSSR count). The predicted molar refractivity (Wildman–Crippen MR) is 72.9 cm³/mol. The third kappa shape index (κ3) is 2.93. The lowest BCUT2D eigenvalue weighted by Gasteiger charge is -2.25. The van der Waals surface area contributed by atoms with Crippen LogP contribution in [-0.4, -0.2) is 23.1 Å². The Balaban J connectivity index is 2.05. The molecule has 19 heavy (non-hydrogen) atoms. The van der Waals surface area contributed by atoms with Gasteiger partial charge in [0.1, 0.15) is 17.6 Å². The molecule has 5 nitrogen and oxygen atoms in total. The quantitative estimate of drug-likeness (QED) is 0.920. The van der Waals surface area contributed by atoms with Crippen LogP contribution in [0.3, 0.4) is 0 Å². The van der Waals surface area contributed by atoms with Gasteiger partial charge in [0.15, 0.2) is 0 Å². The largest absolute Gasteiger partial charge is 0.362 e. The fraction of sp³-hybridized carbons (Fsp3) is 0.286. The van der Waals surface area contributed by atoms with Gasteiger partial charge >= 0.3 is 6.03 Å². The summed E-state index contributed by atoms with van der Waals surface area (Å²) < 4.78 is 4.79. The fourth-order valence-corrected chi connectivity index (χ4v) is 1.75. The normalized spacial score (nSPS) is 11.9. The Hall–Kier alpha value is -2.30. The molecule has 0 radical (unpaired) electrons. The fourth-order valence-electron chi connectivity index (χ4n) is 1.75. The Morgan fingerprint density at radius 1 is 1.37 bits per heavy atom. The summed E-state index contributed by atoms with van der Waals surface area (Å²) in [5, 5.41) is 6.50. The smallest absolute Gasteiger partial charge is 0.322 e. The number of anilines is 1. The Morgan fingerprint density at radius 3 is 2.63 bits per heavy atom. The molecule has 0 aliphatic rings. The molecular formula is C14H17N3O2. The van der Waals surface area contributed by atoms with E-state index in [2.05, 4.69) is 10.5 Å². The molecule has 0 bridgehead atoms. The summed E-state index contributed by atoms with van der Waals surface area (Å²) in [7, 11) is 1.76. The zero-order valence-corrected chi connectivity index (χ0v) is 11.3. The molecule has 100 valence electrons. The van der Waals surface area contributed by atoms with E-state index in [0.29, 0.717) is 11.4 Å². The number of carbonyl (C=O) groups is 1. The first kappa shape index (κ1) is 13.1. The van der Waals surface area contributed by atoms with Crippen LogP contribution in [-0.2, 0) is 0 Å². The molecule has 0 fully saturated rings. The van der Waals surface area contributed by atoms with Crippen molar-refractivity contribution in [2.45, 2.75) is 19.9 Å². The molecule has 1 atom stereocenters. The summed E-state index contributed by atoms with van der Waals surface area (Å²) in [5.41, 5.74) is 2.34. The second-order valence-corrected chi connectivity index (χ2v) is 4.44. The Kier molecular flexibility index (Phi) is 3.85. The minimum absolute atomic E-state index is 0.0126. The van der Waals surface area contributed by atoms with Crippen molar-refractivity contribution in [1.82, 2.24) is 10.1 Å². The molecule has 0 saturated heterocycles. The van der Waals surface area contributed by atoms with Gasteiger partial charge in [-0.15, -0.1) is 0 Å². The van der Waals surface area contributed by atoms with Crippen molar-refractivity contribution in [3.05, 3.63) is 47.9 Å². The number of urea groups is 1. The second-order valence-electron chi connectivity index (χ2n) is 4.44. The SMILES string of the molecule is Cc1nocc1NC(=O)N(C)[C@H](C)c1ccccc1. The number of aryl methyl sites for hydroxylation is 1. The Morgan fingerprint density at radius 2 is 2.05 bits per heavy atom. The van der Waals surface area contributed by atoms with Crippen LogP contribution in [0.4, 0.5) is 10.5 Å². The number of hydrogen-bond acceptors (Lipinski definition) is 3. The second kappa shape index (κ2) is 5.56. The van der Waals surface area contributed by atoms with Gasteiger partial charge < -0.3 is 14.7 Å². The van der Waals surface area contributed by atoms with Crippen LogP contribution in [0.25, 0.3) is 0 Å². The molecule has 0 saturated carbocycles. The summed E-state index contributed by atoms with van der Waals surface area (Å²) in [4.78, 5) is 13.8. The van der Waals surface area contributed by atoms with E-state index in [1.54, 1.807) is 18.9 Å². The molecule has 1 heterocycles. The van der Waals surface area contributed by atoms with Gasteiger partial charge in [0, 0.05) is 7.05 Å². The van der Waals surface area contributed by atoms with Gasteiger partial charge in [0.05, 0.1) is 6.04 Å².